The Morgan fingerprint density at radius 3 is 0.892 bits per heavy atom. The van der Waals surface area contributed by atoms with Gasteiger partial charge in [-0.15, -0.1) is 0 Å². The third-order valence-electron chi connectivity index (χ3n) is 19.5. The SMILES string of the molecule is CC1(C)CCC(C)(C)c2cc3c(cc21)c1c2c4ccc(-n5c6ccccc6c6ccccc65)cc4n4c5cc6c(cc5c(c5c7ccc(-n8c9ccccc9c9ccccc98)cc7n3c51)c24)C(C)(C)CCC6(C)C. The molecule has 0 spiro atoms. The molecule has 0 bridgehead atoms. The van der Waals surface area contributed by atoms with Crippen molar-refractivity contribution in [1.82, 2.24) is 17.9 Å². The van der Waals surface area contributed by atoms with Crippen LogP contribution in [0.4, 0.5) is 0 Å². The number of hydrogen-bond acceptors (Lipinski definition) is 0. The smallest absolute Gasteiger partial charge is 0.0634 e. The average Bonchev–Trinajstić information content (AvgIpc) is 4.25. The Hall–Kier alpha value is -7.82. The summed E-state index contributed by atoms with van der Waals surface area (Å²) < 4.78 is 10.4. The molecule has 0 fully saturated rings. The van der Waals surface area contributed by atoms with Crippen LogP contribution in [0.5, 0.6) is 0 Å². The minimum Gasteiger partial charge on any atom is -0.309 e. The predicted octanol–water partition coefficient (Wildman–Crippen LogP) is 18.9. The van der Waals surface area contributed by atoms with Crippen molar-refractivity contribution in [2.24, 2.45) is 0 Å². The molecule has 0 saturated carbocycles. The number of aromatic nitrogens is 4. The molecule has 9 aromatic carbocycles. The molecule has 17 rings (SSSR count). The Kier molecular flexibility index (Phi) is 7.47. The maximum Gasteiger partial charge on any atom is 0.0634 e. The van der Waals surface area contributed by atoms with Crippen molar-refractivity contribution >= 4 is 120 Å². The summed E-state index contributed by atoms with van der Waals surface area (Å²) in [4.78, 5) is 0. The molecule has 6 aromatic heterocycles. The van der Waals surface area contributed by atoms with Crippen LogP contribution in [0, 0.1) is 0 Å². The van der Waals surface area contributed by atoms with Crippen LogP contribution in [0.25, 0.3) is 131 Å². The third kappa shape index (κ3) is 4.92. The zero-order valence-corrected chi connectivity index (χ0v) is 43.6. The summed E-state index contributed by atoms with van der Waals surface area (Å²) in [6.45, 7) is 19.9. The fraction of sp³-hybridized carbons (Fsp3) is 0.229. The minimum absolute atomic E-state index is 0.0502. The molecule has 358 valence electrons. The standard InChI is InChI=1S/C70H58N4/c1-67(2)29-31-69(5,6)51-37-59-47(35-49(51)67)63-61-45-27-25-40(72-55-23-15-11-19-43(55)44-20-12-16-24-56(44)72)34-58(45)74-60-38-52-50(68(3,4)30-32-70(52,7)8)36-48(60)64(66(61)74)62-46-28-26-39(33-57(46)73(59)65(62)63)71-53-21-13-9-17-41(53)42-18-10-14-22-54(42)71/h9-28,33-38H,29-32H2,1-8H3. The zero-order chi connectivity index (χ0) is 49.7. The molecule has 0 saturated heterocycles. The molecule has 0 unspecified atom stereocenters. The van der Waals surface area contributed by atoms with Gasteiger partial charge in [0.15, 0.2) is 0 Å². The van der Waals surface area contributed by atoms with Gasteiger partial charge in [-0.3, -0.25) is 0 Å². The van der Waals surface area contributed by atoms with Crippen LogP contribution < -0.4 is 0 Å². The van der Waals surface area contributed by atoms with E-state index in [0.717, 1.165) is 0 Å². The Labute approximate surface area is 429 Å². The molecular formula is C70H58N4. The molecule has 6 heterocycles. The van der Waals surface area contributed by atoms with Crippen LogP contribution in [0.15, 0.2) is 158 Å². The van der Waals surface area contributed by atoms with Crippen molar-refractivity contribution in [3.05, 3.63) is 180 Å². The van der Waals surface area contributed by atoms with Crippen LogP contribution in [0.1, 0.15) is 103 Å². The summed E-state index contributed by atoms with van der Waals surface area (Å²) in [7, 11) is 0. The lowest BCUT2D eigenvalue weighted by Gasteiger charge is -2.42. The zero-order valence-electron chi connectivity index (χ0n) is 43.6. The van der Waals surface area contributed by atoms with Crippen LogP contribution in [-0.2, 0) is 21.7 Å². The van der Waals surface area contributed by atoms with Gasteiger partial charge >= 0.3 is 0 Å². The summed E-state index contributed by atoms with van der Waals surface area (Å²) in [5.74, 6) is 0. The summed E-state index contributed by atoms with van der Waals surface area (Å²) in [6.07, 6.45) is 4.68. The van der Waals surface area contributed by atoms with E-state index in [9.17, 15) is 0 Å². The summed E-state index contributed by atoms with van der Waals surface area (Å²) in [6, 6.07) is 61.2. The topological polar surface area (TPSA) is 18.7 Å². The van der Waals surface area contributed by atoms with Crippen molar-refractivity contribution in [1.29, 1.82) is 0 Å². The highest BCUT2D eigenvalue weighted by atomic mass is 15.0. The second-order valence-corrected chi connectivity index (χ2v) is 25.4. The van der Waals surface area contributed by atoms with Crippen LogP contribution in [0.3, 0.4) is 0 Å². The van der Waals surface area contributed by atoms with E-state index >= 15 is 0 Å². The van der Waals surface area contributed by atoms with Gasteiger partial charge in [-0.25, -0.2) is 0 Å². The quantitative estimate of drug-likeness (QED) is 0.164. The van der Waals surface area contributed by atoms with Gasteiger partial charge in [-0.1, -0.05) is 140 Å². The van der Waals surface area contributed by atoms with Gasteiger partial charge in [0.1, 0.15) is 0 Å². The van der Waals surface area contributed by atoms with Gasteiger partial charge in [0.2, 0.25) is 0 Å². The molecule has 74 heavy (non-hydrogen) atoms. The van der Waals surface area contributed by atoms with E-state index in [1.165, 1.54) is 179 Å². The normalized spacial score (nSPS) is 17.4. The lowest BCUT2D eigenvalue weighted by Crippen LogP contribution is -2.33. The van der Waals surface area contributed by atoms with Crippen molar-refractivity contribution in [2.75, 3.05) is 0 Å². The van der Waals surface area contributed by atoms with E-state index in [2.05, 4.69) is 231 Å². The first-order valence-electron chi connectivity index (χ1n) is 27.2. The minimum atomic E-state index is 0.0502. The molecule has 0 radical (unpaired) electrons. The molecule has 2 aliphatic rings. The largest absolute Gasteiger partial charge is 0.309 e. The number of fused-ring (bicyclic) bond motifs is 22. The van der Waals surface area contributed by atoms with E-state index in [1.54, 1.807) is 0 Å². The molecule has 2 aliphatic carbocycles. The lowest BCUT2D eigenvalue weighted by atomic mass is 9.63. The summed E-state index contributed by atoms with van der Waals surface area (Å²) in [5, 5.41) is 16.0. The summed E-state index contributed by atoms with van der Waals surface area (Å²) in [5.41, 5.74) is 21.4. The molecule has 0 amide bonds. The van der Waals surface area contributed by atoms with Crippen molar-refractivity contribution < 1.29 is 0 Å². The Bertz CT molecular complexity index is 4590. The maximum atomic E-state index is 2.72. The number of hydrogen-bond donors (Lipinski definition) is 0. The molecule has 4 nitrogen and oxygen atoms in total. The fourth-order valence-corrected chi connectivity index (χ4v) is 15.4. The second kappa shape index (κ2) is 13.3. The Morgan fingerprint density at radius 1 is 0.270 bits per heavy atom. The van der Waals surface area contributed by atoms with E-state index in [0.29, 0.717) is 0 Å². The first kappa shape index (κ1) is 41.6. The highest BCUT2D eigenvalue weighted by Gasteiger charge is 2.41. The van der Waals surface area contributed by atoms with E-state index in [4.69, 9.17) is 0 Å². The summed E-state index contributed by atoms with van der Waals surface area (Å²) >= 11 is 0. The predicted molar refractivity (Wildman–Crippen MR) is 315 cm³/mol. The van der Waals surface area contributed by atoms with Crippen LogP contribution in [0.2, 0.25) is 0 Å². The maximum absolute atomic E-state index is 2.72. The van der Waals surface area contributed by atoms with Crippen molar-refractivity contribution in [3.8, 4) is 11.4 Å². The monoisotopic (exact) mass is 954 g/mol. The first-order valence-corrected chi connectivity index (χ1v) is 27.2. The molecule has 0 N–H and O–H groups in total. The first-order chi connectivity index (χ1) is 35.7. The van der Waals surface area contributed by atoms with Crippen LogP contribution >= 0.6 is 0 Å². The molecule has 0 aliphatic heterocycles. The lowest BCUT2D eigenvalue weighted by molar-refractivity contribution is 0.332. The fourth-order valence-electron chi connectivity index (χ4n) is 15.4. The Morgan fingerprint density at radius 2 is 0.554 bits per heavy atom. The van der Waals surface area contributed by atoms with Gasteiger partial charge < -0.3 is 17.9 Å². The van der Waals surface area contributed by atoms with E-state index < -0.39 is 0 Å². The van der Waals surface area contributed by atoms with Crippen molar-refractivity contribution in [2.45, 2.75) is 103 Å². The number of nitrogens with zero attached hydrogens (tertiary/aromatic N) is 4. The molecule has 0 atom stereocenters. The van der Waals surface area contributed by atoms with Crippen LogP contribution in [-0.4, -0.2) is 17.9 Å². The number of rotatable bonds is 2. The van der Waals surface area contributed by atoms with Gasteiger partial charge in [-0.05, 0) is 142 Å². The Balaban J connectivity index is 1.11. The molecule has 4 heteroatoms. The van der Waals surface area contributed by atoms with Gasteiger partial charge in [0.05, 0.1) is 55.2 Å². The highest BCUT2D eigenvalue weighted by Crippen LogP contribution is 2.57. The average molecular weight is 955 g/mol. The molecular weight excluding hydrogens is 897 g/mol. The number of para-hydroxylation sites is 4. The third-order valence-corrected chi connectivity index (χ3v) is 19.5. The van der Waals surface area contributed by atoms with Gasteiger partial charge in [-0.2, -0.15) is 0 Å². The highest BCUT2D eigenvalue weighted by molar-refractivity contribution is 6.45. The van der Waals surface area contributed by atoms with E-state index in [1.807, 2.05) is 0 Å². The second-order valence-electron chi connectivity index (χ2n) is 25.4. The van der Waals surface area contributed by atoms with Gasteiger partial charge in [0.25, 0.3) is 0 Å². The number of benzene rings is 9. The van der Waals surface area contributed by atoms with Crippen molar-refractivity contribution in [3.63, 3.8) is 0 Å². The van der Waals surface area contributed by atoms with E-state index in [-0.39, 0.29) is 21.7 Å². The van der Waals surface area contributed by atoms with Gasteiger partial charge in [0, 0.05) is 76.0 Å². The molecule has 15 aromatic rings.